The molecule has 1 aromatic heterocycles. The number of sulfonamides is 1. The number of hydrogen-bond donors (Lipinski definition) is 2. The molecule has 1 amide bonds. The number of amides is 1. The van der Waals surface area contributed by atoms with Gasteiger partial charge in [0.25, 0.3) is 21.6 Å². The number of nitrogens with zero attached hydrogens (tertiary/aromatic N) is 2. The van der Waals surface area contributed by atoms with Crippen molar-refractivity contribution in [1.82, 2.24) is 5.16 Å². The Balaban J connectivity index is 1.74. The fourth-order valence-corrected chi connectivity index (χ4v) is 3.70. The molecule has 0 spiro atoms. The van der Waals surface area contributed by atoms with E-state index in [1.807, 2.05) is 0 Å². The number of anilines is 2. The maximum atomic E-state index is 12.5. The number of carbonyl (C=O) groups is 1. The third-order valence-corrected chi connectivity index (χ3v) is 5.86. The predicted molar refractivity (Wildman–Crippen MR) is 109 cm³/mol. The second-order valence-electron chi connectivity index (χ2n) is 6.23. The first-order valence-corrected chi connectivity index (χ1v) is 10.3. The molecular formula is C18H15ClN4O6S. The van der Waals surface area contributed by atoms with Crippen LogP contribution in [-0.2, 0) is 10.0 Å². The van der Waals surface area contributed by atoms with Crippen molar-refractivity contribution in [2.75, 3.05) is 10.0 Å². The fourth-order valence-electron chi connectivity index (χ4n) is 2.41. The van der Waals surface area contributed by atoms with Crippen LogP contribution in [0.4, 0.5) is 17.3 Å². The summed E-state index contributed by atoms with van der Waals surface area (Å²) in [5.41, 5.74) is 1.26. The Morgan fingerprint density at radius 2 is 1.83 bits per heavy atom. The molecule has 0 saturated heterocycles. The van der Waals surface area contributed by atoms with Gasteiger partial charge in [0.15, 0.2) is 0 Å². The van der Waals surface area contributed by atoms with E-state index < -0.39 is 20.9 Å². The number of aromatic nitrogens is 1. The van der Waals surface area contributed by atoms with E-state index in [2.05, 4.69) is 15.2 Å². The molecule has 0 radical (unpaired) electrons. The van der Waals surface area contributed by atoms with Crippen molar-refractivity contribution in [2.45, 2.75) is 18.7 Å². The lowest BCUT2D eigenvalue weighted by atomic mass is 10.2. The van der Waals surface area contributed by atoms with E-state index in [0.717, 1.165) is 6.07 Å². The molecule has 0 atom stereocenters. The molecule has 0 saturated carbocycles. The Labute approximate surface area is 176 Å². The lowest BCUT2D eigenvalue weighted by molar-refractivity contribution is -0.384. The molecule has 0 unspecified atom stereocenters. The molecule has 3 rings (SSSR count). The van der Waals surface area contributed by atoms with Crippen molar-refractivity contribution >= 4 is 44.8 Å². The molecule has 2 aromatic carbocycles. The van der Waals surface area contributed by atoms with Crippen molar-refractivity contribution in [2.24, 2.45) is 0 Å². The van der Waals surface area contributed by atoms with Crippen LogP contribution in [0.3, 0.4) is 0 Å². The highest BCUT2D eigenvalue weighted by molar-refractivity contribution is 7.92. The summed E-state index contributed by atoms with van der Waals surface area (Å²) in [5, 5.41) is 16.9. The van der Waals surface area contributed by atoms with Gasteiger partial charge in [0, 0.05) is 22.9 Å². The Bertz CT molecular complexity index is 1240. The Morgan fingerprint density at radius 3 is 2.37 bits per heavy atom. The lowest BCUT2D eigenvalue weighted by Gasteiger charge is -2.08. The van der Waals surface area contributed by atoms with E-state index >= 15 is 0 Å². The molecule has 12 heteroatoms. The second-order valence-corrected chi connectivity index (χ2v) is 8.32. The zero-order valence-electron chi connectivity index (χ0n) is 15.7. The van der Waals surface area contributed by atoms with Gasteiger partial charge in [-0.3, -0.25) is 14.9 Å². The van der Waals surface area contributed by atoms with Gasteiger partial charge in [0.05, 0.1) is 15.5 Å². The fraction of sp³-hybridized carbons (Fsp3) is 0.111. The van der Waals surface area contributed by atoms with Gasteiger partial charge in [-0.2, -0.15) is 0 Å². The van der Waals surface area contributed by atoms with E-state index in [9.17, 15) is 23.3 Å². The third kappa shape index (κ3) is 4.42. The summed E-state index contributed by atoms with van der Waals surface area (Å²) in [5.74, 6) is -0.534. The van der Waals surface area contributed by atoms with Gasteiger partial charge in [-0.05, 0) is 50.2 Å². The van der Waals surface area contributed by atoms with Crippen LogP contribution < -0.4 is 10.0 Å². The Kier molecular flexibility index (Phi) is 5.76. The predicted octanol–water partition coefficient (Wildman–Crippen LogP) is 3.91. The van der Waals surface area contributed by atoms with Crippen LogP contribution in [0.15, 0.2) is 51.9 Å². The van der Waals surface area contributed by atoms with Crippen LogP contribution >= 0.6 is 11.6 Å². The van der Waals surface area contributed by atoms with E-state index in [-0.39, 0.29) is 27.1 Å². The van der Waals surface area contributed by atoms with Gasteiger partial charge in [0.1, 0.15) is 5.02 Å². The van der Waals surface area contributed by atoms with Crippen LogP contribution in [0.1, 0.15) is 21.6 Å². The van der Waals surface area contributed by atoms with Crippen molar-refractivity contribution in [3.8, 4) is 0 Å². The topological polar surface area (TPSA) is 144 Å². The number of nitrogens with one attached hydrogen (secondary N) is 2. The number of nitro groups is 1. The minimum Gasteiger partial charge on any atom is -0.337 e. The molecule has 10 nitrogen and oxygen atoms in total. The van der Waals surface area contributed by atoms with Gasteiger partial charge in [-0.25, -0.2) is 13.1 Å². The lowest BCUT2D eigenvalue weighted by Crippen LogP contribution is -2.14. The molecule has 0 aliphatic rings. The number of hydrogen-bond acceptors (Lipinski definition) is 7. The van der Waals surface area contributed by atoms with Crippen LogP contribution in [0.2, 0.25) is 5.02 Å². The smallest absolute Gasteiger partial charge is 0.287 e. The van der Waals surface area contributed by atoms with E-state index in [1.165, 1.54) is 36.4 Å². The average Bonchev–Trinajstić information content (AvgIpc) is 2.99. The Hall–Kier alpha value is -3.44. The second kappa shape index (κ2) is 8.13. The zero-order chi connectivity index (χ0) is 22.1. The number of halogens is 1. The van der Waals surface area contributed by atoms with E-state index in [0.29, 0.717) is 16.9 Å². The van der Waals surface area contributed by atoms with Crippen LogP contribution in [-0.4, -0.2) is 24.4 Å². The highest BCUT2D eigenvalue weighted by Gasteiger charge is 2.20. The molecule has 0 bridgehead atoms. The number of carbonyl (C=O) groups excluding carboxylic acids is 1. The largest absolute Gasteiger partial charge is 0.337 e. The number of nitro benzene ring substituents is 1. The van der Waals surface area contributed by atoms with Gasteiger partial charge in [0.2, 0.25) is 5.88 Å². The van der Waals surface area contributed by atoms with Gasteiger partial charge in [-0.1, -0.05) is 16.8 Å². The van der Waals surface area contributed by atoms with E-state index in [1.54, 1.807) is 13.8 Å². The van der Waals surface area contributed by atoms with Crippen molar-refractivity contribution < 1.29 is 22.7 Å². The normalized spacial score (nSPS) is 11.2. The van der Waals surface area contributed by atoms with Gasteiger partial charge >= 0.3 is 0 Å². The summed E-state index contributed by atoms with van der Waals surface area (Å²) in [4.78, 5) is 22.4. The standard InChI is InChI=1S/C18H15ClN4O6S/c1-10-11(2)21-29-18(10)22-30(27,28)14-6-4-13(5-7-14)20-17(24)12-3-8-16(23(25)26)15(19)9-12/h3-9,22H,1-2H3,(H,20,24). The Morgan fingerprint density at radius 1 is 1.17 bits per heavy atom. The summed E-state index contributed by atoms with van der Waals surface area (Å²) in [7, 11) is -3.92. The number of rotatable bonds is 6. The summed E-state index contributed by atoms with van der Waals surface area (Å²) in [6.07, 6.45) is 0. The highest BCUT2D eigenvalue weighted by Crippen LogP contribution is 2.26. The molecule has 156 valence electrons. The summed E-state index contributed by atoms with van der Waals surface area (Å²) < 4.78 is 32.2. The van der Waals surface area contributed by atoms with E-state index in [4.69, 9.17) is 16.1 Å². The first-order chi connectivity index (χ1) is 14.1. The van der Waals surface area contributed by atoms with Crippen molar-refractivity contribution in [1.29, 1.82) is 0 Å². The first-order valence-electron chi connectivity index (χ1n) is 8.39. The summed E-state index contributed by atoms with van der Waals surface area (Å²) in [6, 6.07) is 8.99. The molecule has 2 N–H and O–H groups in total. The van der Waals surface area contributed by atoms with Crippen molar-refractivity contribution in [3.05, 3.63) is 74.4 Å². The molecule has 1 heterocycles. The molecule has 0 aliphatic carbocycles. The zero-order valence-corrected chi connectivity index (χ0v) is 17.2. The quantitative estimate of drug-likeness (QED) is 0.427. The summed E-state index contributed by atoms with van der Waals surface area (Å²) in [6.45, 7) is 3.36. The maximum Gasteiger partial charge on any atom is 0.287 e. The maximum absolute atomic E-state index is 12.5. The first kappa shape index (κ1) is 21.3. The van der Waals surface area contributed by atoms with Crippen LogP contribution in [0.5, 0.6) is 0 Å². The number of aryl methyl sites for hydroxylation is 1. The minimum absolute atomic E-state index is 0.0277. The van der Waals surface area contributed by atoms with Crippen LogP contribution in [0.25, 0.3) is 0 Å². The number of benzene rings is 2. The minimum atomic E-state index is -3.92. The molecule has 30 heavy (non-hydrogen) atoms. The SMILES string of the molecule is Cc1noc(NS(=O)(=O)c2ccc(NC(=O)c3ccc([N+](=O)[O-])c(Cl)c3)cc2)c1C. The third-order valence-electron chi connectivity index (χ3n) is 4.21. The average molecular weight is 451 g/mol. The van der Waals surface area contributed by atoms with Crippen LogP contribution in [0, 0.1) is 24.0 Å². The molecular weight excluding hydrogens is 436 g/mol. The summed E-state index contributed by atoms with van der Waals surface area (Å²) >= 11 is 5.81. The van der Waals surface area contributed by atoms with Gasteiger partial charge < -0.3 is 9.84 Å². The highest BCUT2D eigenvalue weighted by atomic mass is 35.5. The van der Waals surface area contributed by atoms with Gasteiger partial charge in [-0.15, -0.1) is 0 Å². The van der Waals surface area contributed by atoms with Crippen molar-refractivity contribution in [3.63, 3.8) is 0 Å². The molecule has 0 aliphatic heterocycles. The molecule has 0 fully saturated rings. The monoisotopic (exact) mass is 450 g/mol. The molecule has 3 aromatic rings.